The maximum absolute atomic E-state index is 12.6. The number of esters is 1. The summed E-state index contributed by atoms with van der Waals surface area (Å²) in [6.07, 6.45) is -0.0658. The summed E-state index contributed by atoms with van der Waals surface area (Å²) in [5.74, 6) is -1.86. The van der Waals surface area contributed by atoms with E-state index >= 15 is 0 Å². The van der Waals surface area contributed by atoms with Crippen LogP contribution in [0, 0.1) is 23.2 Å². The van der Waals surface area contributed by atoms with Gasteiger partial charge >= 0.3 is 11.9 Å². The molecule has 0 aromatic heterocycles. The number of carboxylic acid groups (broad SMARTS) is 1. The van der Waals surface area contributed by atoms with Crippen molar-refractivity contribution in [1.29, 1.82) is 5.26 Å². The molecular formula is C20H26BrNO4. The second-order valence-electron chi connectivity index (χ2n) is 7.11. The molecule has 1 aromatic carbocycles. The van der Waals surface area contributed by atoms with Crippen molar-refractivity contribution >= 4 is 27.9 Å². The molecule has 0 aliphatic rings. The monoisotopic (exact) mass is 423 g/mol. The molecule has 0 fully saturated rings. The Morgan fingerprint density at radius 1 is 1.27 bits per heavy atom. The molecule has 2 atom stereocenters. The van der Waals surface area contributed by atoms with Crippen molar-refractivity contribution in [3.05, 3.63) is 34.3 Å². The van der Waals surface area contributed by atoms with Crippen LogP contribution in [0.15, 0.2) is 28.7 Å². The van der Waals surface area contributed by atoms with Crippen LogP contribution in [0.4, 0.5) is 0 Å². The zero-order valence-corrected chi connectivity index (χ0v) is 17.2. The summed E-state index contributed by atoms with van der Waals surface area (Å²) < 4.78 is 6.11. The predicted molar refractivity (Wildman–Crippen MR) is 102 cm³/mol. The van der Waals surface area contributed by atoms with Gasteiger partial charge in [-0.25, -0.2) is 0 Å². The van der Waals surface area contributed by atoms with Gasteiger partial charge in [0, 0.05) is 10.9 Å². The van der Waals surface area contributed by atoms with Crippen molar-refractivity contribution in [3.8, 4) is 6.07 Å². The van der Waals surface area contributed by atoms with Crippen molar-refractivity contribution in [2.75, 3.05) is 0 Å². The Balaban J connectivity index is 3.34. The molecule has 0 aliphatic carbocycles. The molecule has 2 unspecified atom stereocenters. The van der Waals surface area contributed by atoms with E-state index < -0.39 is 17.3 Å². The van der Waals surface area contributed by atoms with Gasteiger partial charge < -0.3 is 9.84 Å². The third kappa shape index (κ3) is 5.84. The van der Waals surface area contributed by atoms with E-state index in [0.717, 1.165) is 4.47 Å². The lowest BCUT2D eigenvalue weighted by molar-refractivity contribution is -0.154. The SMILES string of the molecule is CC(C)OC(=O)C(CC(C#N)(CCC(=O)O)c1ccccc1Br)C(C)C. The second-order valence-corrected chi connectivity index (χ2v) is 7.96. The first-order valence-electron chi connectivity index (χ1n) is 8.71. The molecule has 0 saturated carbocycles. The molecule has 0 amide bonds. The fourth-order valence-corrected chi connectivity index (χ4v) is 3.63. The Bertz CT molecular complexity index is 681. The minimum atomic E-state index is -1.09. The third-order valence-corrected chi connectivity index (χ3v) is 5.09. The van der Waals surface area contributed by atoms with Gasteiger partial charge in [0.1, 0.15) is 0 Å². The van der Waals surface area contributed by atoms with Crippen LogP contribution < -0.4 is 0 Å². The molecule has 1 aromatic rings. The number of hydrogen-bond acceptors (Lipinski definition) is 4. The van der Waals surface area contributed by atoms with Gasteiger partial charge in [0.2, 0.25) is 0 Å². The number of rotatable bonds is 9. The summed E-state index contributed by atoms with van der Waals surface area (Å²) in [5.41, 5.74) is -0.393. The lowest BCUT2D eigenvalue weighted by atomic mass is 9.69. The van der Waals surface area contributed by atoms with Crippen LogP contribution in [0.2, 0.25) is 0 Å². The number of halogens is 1. The number of carbonyl (C=O) groups is 2. The Morgan fingerprint density at radius 3 is 2.35 bits per heavy atom. The molecule has 142 valence electrons. The summed E-state index contributed by atoms with van der Waals surface area (Å²) in [6.45, 7) is 7.38. The normalized spacial score (nSPS) is 14.5. The summed E-state index contributed by atoms with van der Waals surface area (Å²) in [6, 6.07) is 9.59. The molecule has 5 nitrogen and oxygen atoms in total. The highest BCUT2D eigenvalue weighted by atomic mass is 79.9. The van der Waals surface area contributed by atoms with Crippen LogP contribution in [-0.2, 0) is 19.7 Å². The molecule has 1 rings (SSSR count). The number of ether oxygens (including phenoxy) is 1. The summed E-state index contributed by atoms with van der Waals surface area (Å²) in [4.78, 5) is 23.7. The van der Waals surface area contributed by atoms with Crippen molar-refractivity contribution in [3.63, 3.8) is 0 Å². The highest BCUT2D eigenvalue weighted by molar-refractivity contribution is 9.10. The van der Waals surface area contributed by atoms with Crippen molar-refractivity contribution < 1.29 is 19.4 Å². The second kappa shape index (κ2) is 9.72. The molecule has 0 saturated heterocycles. The first-order chi connectivity index (χ1) is 12.1. The highest BCUT2D eigenvalue weighted by Gasteiger charge is 2.40. The molecule has 1 N–H and O–H groups in total. The van der Waals surface area contributed by atoms with Crippen LogP contribution in [0.5, 0.6) is 0 Å². The van der Waals surface area contributed by atoms with Crippen LogP contribution in [0.1, 0.15) is 52.5 Å². The number of benzene rings is 1. The minimum Gasteiger partial charge on any atom is -0.481 e. The predicted octanol–water partition coefficient (Wildman–Crippen LogP) is 4.69. The zero-order valence-electron chi connectivity index (χ0n) is 15.7. The van der Waals surface area contributed by atoms with E-state index in [0.29, 0.717) is 5.56 Å². The quantitative estimate of drug-likeness (QED) is 0.581. The molecule has 0 radical (unpaired) electrons. The standard InChI is InChI=1S/C20H26BrNO4/c1-13(2)15(19(25)26-14(3)4)11-20(12-22,10-9-18(23)24)16-7-5-6-8-17(16)21/h5-8,13-15H,9-11H2,1-4H3,(H,23,24). The van der Waals surface area contributed by atoms with Crippen LogP contribution in [0.25, 0.3) is 0 Å². The lowest BCUT2D eigenvalue weighted by Gasteiger charge is -2.33. The molecule has 26 heavy (non-hydrogen) atoms. The van der Waals surface area contributed by atoms with Crippen LogP contribution >= 0.6 is 15.9 Å². The first kappa shape index (κ1) is 22.2. The summed E-state index contributed by atoms with van der Waals surface area (Å²) in [7, 11) is 0. The van der Waals surface area contributed by atoms with Gasteiger partial charge in [0.05, 0.1) is 23.5 Å². The Morgan fingerprint density at radius 2 is 1.88 bits per heavy atom. The highest BCUT2D eigenvalue weighted by Crippen LogP contribution is 2.41. The number of carboxylic acids is 1. The molecular weight excluding hydrogens is 398 g/mol. The van der Waals surface area contributed by atoms with Gasteiger partial charge in [0.25, 0.3) is 0 Å². The van der Waals surface area contributed by atoms with Crippen molar-refractivity contribution in [1.82, 2.24) is 0 Å². The van der Waals surface area contributed by atoms with Gasteiger partial charge in [-0.2, -0.15) is 5.26 Å². The third-order valence-electron chi connectivity index (χ3n) is 4.40. The Hall–Kier alpha value is -1.87. The van der Waals surface area contributed by atoms with Gasteiger partial charge in [-0.3, -0.25) is 9.59 Å². The van der Waals surface area contributed by atoms with Crippen molar-refractivity contribution in [2.45, 2.75) is 58.5 Å². The van der Waals surface area contributed by atoms with Crippen molar-refractivity contribution in [2.24, 2.45) is 11.8 Å². The smallest absolute Gasteiger partial charge is 0.309 e. The van der Waals surface area contributed by atoms with E-state index in [-0.39, 0.29) is 37.3 Å². The zero-order chi connectivity index (χ0) is 19.9. The maximum atomic E-state index is 12.6. The summed E-state index contributed by atoms with van der Waals surface area (Å²) >= 11 is 3.47. The topological polar surface area (TPSA) is 87.4 Å². The molecule has 6 heteroatoms. The largest absolute Gasteiger partial charge is 0.481 e. The van der Waals surface area contributed by atoms with E-state index in [4.69, 9.17) is 9.84 Å². The van der Waals surface area contributed by atoms with E-state index in [1.165, 1.54) is 0 Å². The lowest BCUT2D eigenvalue weighted by Crippen LogP contribution is -2.35. The fraction of sp³-hybridized carbons (Fsp3) is 0.550. The summed E-state index contributed by atoms with van der Waals surface area (Å²) in [5, 5.41) is 19.2. The maximum Gasteiger partial charge on any atom is 0.309 e. The number of aliphatic carboxylic acids is 1. The van der Waals surface area contributed by atoms with Crippen LogP contribution in [0.3, 0.4) is 0 Å². The van der Waals surface area contributed by atoms with Gasteiger partial charge in [-0.1, -0.05) is 48.0 Å². The van der Waals surface area contributed by atoms with E-state index in [1.54, 1.807) is 19.9 Å². The fourth-order valence-electron chi connectivity index (χ4n) is 2.96. The van der Waals surface area contributed by atoms with Gasteiger partial charge in [-0.05, 0) is 44.2 Å². The van der Waals surface area contributed by atoms with E-state index in [2.05, 4.69) is 22.0 Å². The number of carbonyl (C=O) groups excluding carboxylic acids is 1. The number of hydrogen-bond donors (Lipinski definition) is 1. The Kier molecular flexibility index (Phi) is 8.29. The van der Waals surface area contributed by atoms with Gasteiger partial charge in [0.15, 0.2) is 0 Å². The number of nitriles is 1. The molecule has 0 spiro atoms. The van der Waals surface area contributed by atoms with E-state index in [9.17, 15) is 14.9 Å². The Labute approximate surface area is 163 Å². The van der Waals surface area contributed by atoms with E-state index in [1.807, 2.05) is 32.0 Å². The molecule has 0 heterocycles. The minimum absolute atomic E-state index is 0.0405. The average molecular weight is 424 g/mol. The van der Waals surface area contributed by atoms with Gasteiger partial charge in [-0.15, -0.1) is 0 Å². The number of nitrogens with zero attached hydrogens (tertiary/aromatic N) is 1. The van der Waals surface area contributed by atoms with Crippen LogP contribution in [-0.4, -0.2) is 23.1 Å². The first-order valence-corrected chi connectivity index (χ1v) is 9.50. The average Bonchev–Trinajstić information content (AvgIpc) is 2.55. The molecule has 0 aliphatic heterocycles. The molecule has 0 bridgehead atoms.